The summed E-state index contributed by atoms with van der Waals surface area (Å²) in [5, 5.41) is 1.13. The summed E-state index contributed by atoms with van der Waals surface area (Å²) in [5.74, 6) is 1.29. The van der Waals surface area contributed by atoms with Crippen molar-refractivity contribution in [1.82, 2.24) is 9.13 Å². The summed E-state index contributed by atoms with van der Waals surface area (Å²) < 4.78 is 16.3. The minimum atomic E-state index is -0.344. The number of para-hydroxylation sites is 2. The highest BCUT2D eigenvalue weighted by molar-refractivity contribution is 7.07. The van der Waals surface area contributed by atoms with Crippen molar-refractivity contribution in [2.24, 2.45) is 4.99 Å². The van der Waals surface area contributed by atoms with Gasteiger partial charge in [0.05, 0.1) is 30.5 Å². The molecule has 0 N–H and O–H groups in total. The Morgan fingerprint density at radius 2 is 1.82 bits per heavy atom. The number of aryl methyl sites for hydroxylation is 2. The molecular weight excluding hydrogens is 518 g/mol. The van der Waals surface area contributed by atoms with Gasteiger partial charge in [-0.25, -0.2) is 4.99 Å². The maximum absolute atomic E-state index is 14.3. The van der Waals surface area contributed by atoms with Crippen LogP contribution in [0.4, 0.5) is 0 Å². The predicted octanol–water partition coefficient (Wildman–Crippen LogP) is 5.31. The van der Waals surface area contributed by atoms with Crippen molar-refractivity contribution in [3.63, 3.8) is 0 Å². The van der Waals surface area contributed by atoms with E-state index in [0.717, 1.165) is 58.2 Å². The monoisotopic (exact) mass is 547 g/mol. The van der Waals surface area contributed by atoms with Crippen LogP contribution in [0, 0.1) is 0 Å². The van der Waals surface area contributed by atoms with Gasteiger partial charge >= 0.3 is 0 Å². The topological polar surface area (TPSA) is 57.8 Å². The molecule has 2 aliphatic rings. The van der Waals surface area contributed by atoms with Crippen LogP contribution >= 0.6 is 11.3 Å². The van der Waals surface area contributed by atoms with Crippen LogP contribution in [0.3, 0.4) is 0 Å². The molecule has 1 aliphatic carbocycles. The van der Waals surface area contributed by atoms with E-state index in [0.29, 0.717) is 20.8 Å². The number of hydrogen-bond acceptors (Lipinski definition) is 5. The van der Waals surface area contributed by atoms with Crippen molar-refractivity contribution in [2.45, 2.75) is 32.4 Å². The second-order valence-electron chi connectivity index (χ2n) is 10.1. The van der Waals surface area contributed by atoms with Crippen molar-refractivity contribution in [2.75, 3.05) is 14.2 Å². The molecule has 6 nitrogen and oxygen atoms in total. The molecule has 2 aromatic heterocycles. The maximum atomic E-state index is 14.3. The second-order valence-corrected chi connectivity index (χ2v) is 11.1. The lowest BCUT2D eigenvalue weighted by atomic mass is 9.83. The standard InChI is InChI=1S/C33H29N3O3S/c1-4-35-19-21(22-11-7-8-14-26(22)35)18-28-32(37)36-30(25-13-9-15-27(38-2)31(25)39-3)24-17-16-20-10-5-6-12-23(20)29(24)34-33(36)40-28/h5-15,18-19,30H,4,16-17H2,1-3H3/b28-18+/t30-/m1/s1. The molecule has 5 aromatic rings. The van der Waals surface area contributed by atoms with Gasteiger partial charge in [-0.1, -0.05) is 65.9 Å². The molecule has 40 heavy (non-hydrogen) atoms. The molecule has 3 heterocycles. The molecule has 0 bridgehead atoms. The normalized spacial score (nSPS) is 16.4. The van der Waals surface area contributed by atoms with Gasteiger partial charge in [-0.05, 0) is 49.1 Å². The molecule has 7 rings (SSSR count). The van der Waals surface area contributed by atoms with Gasteiger partial charge in [-0.3, -0.25) is 9.36 Å². The van der Waals surface area contributed by atoms with E-state index >= 15 is 0 Å². The molecule has 0 spiro atoms. The number of ether oxygens (including phenoxy) is 2. The summed E-state index contributed by atoms with van der Waals surface area (Å²) in [6.45, 7) is 2.99. The maximum Gasteiger partial charge on any atom is 0.271 e. The number of fused-ring (bicyclic) bond motifs is 4. The third-order valence-corrected chi connectivity index (χ3v) is 9.03. The summed E-state index contributed by atoms with van der Waals surface area (Å²) in [6.07, 6.45) is 5.87. The lowest BCUT2D eigenvalue weighted by Gasteiger charge is -2.31. The summed E-state index contributed by atoms with van der Waals surface area (Å²) >= 11 is 1.45. The van der Waals surface area contributed by atoms with E-state index in [2.05, 4.69) is 60.2 Å². The fourth-order valence-corrected chi connectivity index (χ4v) is 7.21. The molecule has 0 radical (unpaired) electrons. The molecule has 7 heteroatoms. The van der Waals surface area contributed by atoms with E-state index in [-0.39, 0.29) is 11.6 Å². The Labute approximate surface area is 235 Å². The highest BCUT2D eigenvalue weighted by Crippen LogP contribution is 2.45. The fourth-order valence-electron chi connectivity index (χ4n) is 6.22. The average molecular weight is 548 g/mol. The number of nitrogens with zero attached hydrogens (tertiary/aromatic N) is 3. The van der Waals surface area contributed by atoms with E-state index in [1.165, 1.54) is 16.9 Å². The second kappa shape index (κ2) is 9.68. The molecule has 0 fully saturated rings. The van der Waals surface area contributed by atoms with Crippen LogP contribution in [-0.2, 0) is 13.0 Å². The van der Waals surface area contributed by atoms with Crippen LogP contribution < -0.4 is 24.4 Å². The zero-order valence-corrected chi connectivity index (χ0v) is 23.5. The van der Waals surface area contributed by atoms with Crippen LogP contribution in [0.5, 0.6) is 11.5 Å². The number of hydrogen-bond donors (Lipinski definition) is 0. The zero-order chi connectivity index (χ0) is 27.4. The van der Waals surface area contributed by atoms with Crippen molar-refractivity contribution >= 4 is 34.0 Å². The zero-order valence-electron chi connectivity index (χ0n) is 22.7. The predicted molar refractivity (Wildman–Crippen MR) is 160 cm³/mol. The Morgan fingerprint density at radius 3 is 2.65 bits per heavy atom. The molecule has 0 saturated carbocycles. The lowest BCUT2D eigenvalue weighted by Crippen LogP contribution is -2.39. The Balaban J connectivity index is 1.52. The molecule has 1 atom stereocenters. The van der Waals surface area contributed by atoms with E-state index in [1.807, 2.05) is 34.9 Å². The average Bonchev–Trinajstić information content (AvgIpc) is 3.52. The molecular formula is C33H29N3O3S. The highest BCUT2D eigenvalue weighted by atomic mass is 32.1. The Kier molecular flexibility index (Phi) is 5.97. The van der Waals surface area contributed by atoms with E-state index < -0.39 is 0 Å². The molecule has 200 valence electrons. The quantitative estimate of drug-likeness (QED) is 0.300. The van der Waals surface area contributed by atoms with Crippen LogP contribution in [0.2, 0.25) is 0 Å². The first-order valence-corrected chi connectivity index (χ1v) is 14.4. The van der Waals surface area contributed by atoms with Crippen LogP contribution in [0.15, 0.2) is 88.3 Å². The number of thiazole rings is 1. The van der Waals surface area contributed by atoms with Gasteiger partial charge in [0.2, 0.25) is 0 Å². The molecule has 3 aromatic carbocycles. The molecule has 0 amide bonds. The molecule has 1 aliphatic heterocycles. The van der Waals surface area contributed by atoms with Gasteiger partial charge in [-0.15, -0.1) is 0 Å². The third-order valence-electron chi connectivity index (χ3n) is 8.05. The van der Waals surface area contributed by atoms with E-state index in [1.54, 1.807) is 14.2 Å². The fraction of sp³-hybridized carbons (Fsp3) is 0.212. The first-order valence-electron chi connectivity index (χ1n) is 13.5. The van der Waals surface area contributed by atoms with Gasteiger partial charge in [0.1, 0.15) is 0 Å². The summed E-state index contributed by atoms with van der Waals surface area (Å²) in [6, 6.07) is 22.3. The minimum Gasteiger partial charge on any atom is -0.493 e. The van der Waals surface area contributed by atoms with Crippen molar-refractivity contribution in [3.05, 3.63) is 120 Å². The number of methoxy groups -OCH3 is 2. The van der Waals surface area contributed by atoms with Crippen molar-refractivity contribution in [1.29, 1.82) is 0 Å². The Bertz CT molecular complexity index is 2010. The third kappa shape index (κ3) is 3.68. The number of aromatic nitrogens is 2. The largest absolute Gasteiger partial charge is 0.493 e. The van der Waals surface area contributed by atoms with E-state index in [9.17, 15) is 4.79 Å². The number of rotatable bonds is 5. The molecule has 0 unspecified atom stereocenters. The van der Waals surface area contributed by atoms with Crippen LogP contribution in [0.1, 0.15) is 41.6 Å². The van der Waals surface area contributed by atoms with Crippen LogP contribution in [0.25, 0.3) is 22.7 Å². The summed E-state index contributed by atoms with van der Waals surface area (Å²) in [5.41, 5.74) is 7.57. The minimum absolute atomic E-state index is 0.0441. The first-order chi connectivity index (χ1) is 19.6. The van der Waals surface area contributed by atoms with E-state index in [4.69, 9.17) is 14.5 Å². The first kappa shape index (κ1) is 24.7. The summed E-state index contributed by atoms with van der Waals surface area (Å²) in [7, 11) is 3.29. The lowest BCUT2D eigenvalue weighted by molar-refractivity contribution is 0.348. The smallest absolute Gasteiger partial charge is 0.271 e. The number of allylic oxidation sites excluding steroid dienone is 1. The van der Waals surface area contributed by atoms with Gasteiger partial charge in [0, 0.05) is 40.3 Å². The van der Waals surface area contributed by atoms with Gasteiger partial charge in [-0.2, -0.15) is 0 Å². The number of benzene rings is 3. The molecule has 0 saturated heterocycles. The SMILES string of the molecule is CCn1cc(/C=c2/sc3n(c2=O)[C@@H](c2cccc(OC)c2OC)C2=C(N=3)c3ccccc3CC2)c2ccccc21. The Morgan fingerprint density at radius 1 is 1.00 bits per heavy atom. The Hall–Kier alpha value is -4.36. The van der Waals surface area contributed by atoms with Gasteiger partial charge in [0.25, 0.3) is 5.56 Å². The van der Waals surface area contributed by atoms with Crippen LogP contribution in [-0.4, -0.2) is 23.4 Å². The van der Waals surface area contributed by atoms with Gasteiger partial charge in [0.15, 0.2) is 16.3 Å². The summed E-state index contributed by atoms with van der Waals surface area (Å²) in [4.78, 5) is 20.1. The van der Waals surface area contributed by atoms with Crippen molar-refractivity contribution in [3.8, 4) is 11.5 Å². The van der Waals surface area contributed by atoms with Crippen molar-refractivity contribution < 1.29 is 9.47 Å². The highest BCUT2D eigenvalue weighted by Gasteiger charge is 2.34. The van der Waals surface area contributed by atoms with Gasteiger partial charge < -0.3 is 14.0 Å².